The first-order chi connectivity index (χ1) is 11.6. The summed E-state index contributed by atoms with van der Waals surface area (Å²) in [5.74, 6) is -0.262. The molecule has 1 saturated heterocycles. The van der Waals surface area contributed by atoms with Crippen molar-refractivity contribution in [3.8, 4) is 0 Å². The lowest BCUT2D eigenvalue weighted by Gasteiger charge is -2.32. The van der Waals surface area contributed by atoms with Crippen molar-refractivity contribution in [2.45, 2.75) is 26.2 Å². The Morgan fingerprint density at radius 2 is 1.88 bits per heavy atom. The molecule has 6 nitrogen and oxygen atoms in total. The molecular weight excluding hydrogens is 306 g/mol. The molecule has 130 valence electrons. The number of carbonyl (C=O) groups excluding carboxylic acids is 3. The molecule has 0 spiro atoms. The van der Waals surface area contributed by atoms with Crippen LogP contribution in [0.2, 0.25) is 0 Å². The Morgan fingerprint density at radius 3 is 2.50 bits per heavy atom. The van der Waals surface area contributed by atoms with E-state index < -0.39 is 0 Å². The first kappa shape index (κ1) is 18.1. The summed E-state index contributed by atoms with van der Waals surface area (Å²) in [5, 5.41) is 2.79. The van der Waals surface area contributed by atoms with Crippen molar-refractivity contribution in [1.29, 1.82) is 0 Å². The number of nitrogens with zero attached hydrogens (tertiary/aromatic N) is 1. The maximum Gasteiger partial charge on any atom is 0.253 e. The van der Waals surface area contributed by atoms with Crippen LogP contribution in [-0.4, -0.2) is 48.7 Å². The summed E-state index contributed by atoms with van der Waals surface area (Å²) < 4.78 is 0. The molecule has 1 heterocycles. The quantitative estimate of drug-likeness (QED) is 0.766. The maximum atomic E-state index is 12.6. The number of rotatable bonds is 6. The van der Waals surface area contributed by atoms with Gasteiger partial charge in [0.1, 0.15) is 0 Å². The van der Waals surface area contributed by atoms with Gasteiger partial charge >= 0.3 is 0 Å². The van der Waals surface area contributed by atoms with E-state index in [4.69, 9.17) is 5.73 Å². The fraction of sp³-hybridized carbons (Fsp3) is 0.500. The highest BCUT2D eigenvalue weighted by Gasteiger charge is 2.28. The number of benzene rings is 1. The highest BCUT2D eigenvalue weighted by atomic mass is 16.2. The molecule has 1 aliphatic rings. The van der Waals surface area contributed by atoms with Crippen LogP contribution in [0.3, 0.4) is 0 Å². The highest BCUT2D eigenvalue weighted by molar-refractivity contribution is 5.98. The zero-order valence-corrected chi connectivity index (χ0v) is 14.1. The lowest BCUT2D eigenvalue weighted by atomic mass is 9.96. The van der Waals surface area contributed by atoms with Crippen LogP contribution in [0.5, 0.6) is 0 Å². The summed E-state index contributed by atoms with van der Waals surface area (Å²) in [6, 6.07) is 6.75. The van der Waals surface area contributed by atoms with Gasteiger partial charge < -0.3 is 16.0 Å². The molecule has 1 aliphatic heterocycles. The lowest BCUT2D eigenvalue weighted by molar-refractivity contribution is -0.126. The van der Waals surface area contributed by atoms with Gasteiger partial charge in [-0.2, -0.15) is 0 Å². The molecule has 0 bridgehead atoms. The number of carbonyl (C=O) groups is 3. The van der Waals surface area contributed by atoms with Gasteiger partial charge in [0.05, 0.1) is 5.92 Å². The number of ketones is 1. The van der Waals surface area contributed by atoms with E-state index in [0.717, 1.165) is 12.8 Å². The minimum Gasteiger partial charge on any atom is -0.355 e. The number of piperidine rings is 1. The molecule has 2 rings (SSSR count). The van der Waals surface area contributed by atoms with E-state index >= 15 is 0 Å². The Morgan fingerprint density at radius 1 is 1.21 bits per heavy atom. The van der Waals surface area contributed by atoms with Crippen molar-refractivity contribution in [1.82, 2.24) is 10.2 Å². The van der Waals surface area contributed by atoms with E-state index in [1.165, 1.54) is 0 Å². The van der Waals surface area contributed by atoms with E-state index in [9.17, 15) is 14.4 Å². The maximum absolute atomic E-state index is 12.6. The van der Waals surface area contributed by atoms with Crippen molar-refractivity contribution in [3.63, 3.8) is 0 Å². The molecule has 0 aliphatic carbocycles. The fourth-order valence-corrected chi connectivity index (χ4v) is 2.90. The predicted octanol–water partition coefficient (Wildman–Crippen LogP) is 1.21. The summed E-state index contributed by atoms with van der Waals surface area (Å²) in [6.45, 7) is 3.74. The van der Waals surface area contributed by atoms with Gasteiger partial charge in [-0.15, -0.1) is 0 Å². The van der Waals surface area contributed by atoms with Gasteiger partial charge in [-0.05, 0) is 25.0 Å². The number of Topliss-reactive ketones (excluding diaryl/α,β-unsaturated/α-hetero) is 1. The average molecular weight is 331 g/mol. The number of hydrogen-bond acceptors (Lipinski definition) is 4. The van der Waals surface area contributed by atoms with Crippen LogP contribution in [0.15, 0.2) is 24.3 Å². The summed E-state index contributed by atoms with van der Waals surface area (Å²) in [6.07, 6.45) is 2.03. The van der Waals surface area contributed by atoms with Crippen LogP contribution >= 0.6 is 0 Å². The number of nitrogens with two attached hydrogens (primary N) is 1. The van der Waals surface area contributed by atoms with Crippen molar-refractivity contribution in [3.05, 3.63) is 35.4 Å². The Balaban J connectivity index is 2.01. The van der Waals surface area contributed by atoms with Crippen molar-refractivity contribution in [2.24, 2.45) is 11.7 Å². The Labute approximate surface area is 142 Å². The van der Waals surface area contributed by atoms with Gasteiger partial charge in [0.15, 0.2) is 5.78 Å². The number of hydrogen-bond donors (Lipinski definition) is 2. The monoisotopic (exact) mass is 331 g/mol. The molecule has 1 fully saturated rings. The van der Waals surface area contributed by atoms with Crippen LogP contribution in [-0.2, 0) is 4.79 Å². The van der Waals surface area contributed by atoms with Gasteiger partial charge in [-0.1, -0.05) is 19.1 Å². The van der Waals surface area contributed by atoms with E-state index in [-0.39, 0.29) is 23.5 Å². The molecule has 3 N–H and O–H groups in total. The summed E-state index contributed by atoms with van der Waals surface area (Å²) in [7, 11) is 0. The normalized spacial score (nSPS) is 17.4. The molecule has 0 radical (unpaired) electrons. The molecule has 1 atom stereocenters. The lowest BCUT2D eigenvalue weighted by Crippen LogP contribution is -2.46. The summed E-state index contributed by atoms with van der Waals surface area (Å²) >= 11 is 0. The van der Waals surface area contributed by atoms with Crippen LogP contribution < -0.4 is 11.1 Å². The molecule has 1 aromatic rings. The van der Waals surface area contributed by atoms with Crippen LogP contribution in [0.1, 0.15) is 46.9 Å². The highest BCUT2D eigenvalue weighted by Crippen LogP contribution is 2.19. The second-order valence-corrected chi connectivity index (χ2v) is 6.02. The third-order valence-electron chi connectivity index (χ3n) is 4.30. The van der Waals surface area contributed by atoms with Gasteiger partial charge in [-0.3, -0.25) is 14.4 Å². The minimum absolute atomic E-state index is 0.0400. The molecule has 1 aromatic carbocycles. The fourth-order valence-electron chi connectivity index (χ4n) is 2.90. The number of likely N-dealkylation sites (tertiary alicyclic amines) is 1. The SMILES string of the molecule is CCC(=O)c1ccc(C(=O)N2CCCC(C(=O)NCCN)C2)cc1. The Bertz CT molecular complexity index is 598. The Kier molecular flexibility index (Phi) is 6.49. The number of amides is 2. The number of nitrogens with one attached hydrogen (secondary N) is 1. The molecule has 2 amide bonds. The van der Waals surface area contributed by atoms with Crippen molar-refractivity contribution in [2.75, 3.05) is 26.2 Å². The van der Waals surface area contributed by atoms with E-state index in [1.807, 2.05) is 6.92 Å². The van der Waals surface area contributed by atoms with E-state index in [0.29, 0.717) is 43.7 Å². The van der Waals surface area contributed by atoms with E-state index in [1.54, 1.807) is 29.2 Å². The molecule has 1 unspecified atom stereocenters. The largest absolute Gasteiger partial charge is 0.355 e. The summed E-state index contributed by atoms with van der Waals surface area (Å²) in [4.78, 5) is 38.1. The smallest absolute Gasteiger partial charge is 0.253 e. The topological polar surface area (TPSA) is 92.5 Å². The van der Waals surface area contributed by atoms with Crippen LogP contribution in [0.4, 0.5) is 0 Å². The zero-order chi connectivity index (χ0) is 17.5. The Hall–Kier alpha value is -2.21. The molecule has 24 heavy (non-hydrogen) atoms. The van der Waals surface area contributed by atoms with Crippen LogP contribution in [0, 0.1) is 5.92 Å². The van der Waals surface area contributed by atoms with Gasteiger partial charge in [0, 0.05) is 43.7 Å². The van der Waals surface area contributed by atoms with E-state index in [2.05, 4.69) is 5.32 Å². The van der Waals surface area contributed by atoms with Gasteiger partial charge in [-0.25, -0.2) is 0 Å². The third kappa shape index (κ3) is 4.41. The standard InChI is InChI=1S/C18H25N3O3/c1-2-16(22)13-5-7-14(8-6-13)18(24)21-11-3-4-15(12-21)17(23)20-10-9-19/h5-8,15H,2-4,9-12,19H2,1H3,(H,20,23). The van der Waals surface area contributed by atoms with Crippen LogP contribution in [0.25, 0.3) is 0 Å². The summed E-state index contributed by atoms with van der Waals surface area (Å²) in [5.41, 5.74) is 6.56. The first-order valence-corrected chi connectivity index (χ1v) is 8.47. The molecule has 6 heteroatoms. The molecular formula is C18H25N3O3. The molecule has 0 saturated carbocycles. The second kappa shape index (κ2) is 8.59. The van der Waals surface area contributed by atoms with Gasteiger partial charge in [0.2, 0.25) is 5.91 Å². The van der Waals surface area contributed by atoms with Crippen molar-refractivity contribution < 1.29 is 14.4 Å². The zero-order valence-electron chi connectivity index (χ0n) is 14.1. The average Bonchev–Trinajstić information content (AvgIpc) is 2.65. The van der Waals surface area contributed by atoms with Crippen molar-refractivity contribution >= 4 is 17.6 Å². The minimum atomic E-state index is -0.185. The predicted molar refractivity (Wildman–Crippen MR) is 91.8 cm³/mol. The second-order valence-electron chi connectivity index (χ2n) is 6.02. The van der Waals surface area contributed by atoms with Gasteiger partial charge in [0.25, 0.3) is 5.91 Å². The first-order valence-electron chi connectivity index (χ1n) is 8.47. The third-order valence-corrected chi connectivity index (χ3v) is 4.30. The molecule has 0 aromatic heterocycles.